The highest BCUT2D eigenvalue weighted by molar-refractivity contribution is 5.71. The average Bonchev–Trinajstić information content (AvgIpc) is 3.23. The van der Waals surface area contributed by atoms with Gasteiger partial charge in [-0.1, -0.05) is 218 Å². The maximum absolute atomic E-state index is 12.8. The summed E-state index contributed by atoms with van der Waals surface area (Å²) < 4.78 is 16.8. The molecule has 0 spiro atoms. The lowest BCUT2D eigenvalue weighted by Crippen LogP contribution is -2.30. The van der Waals surface area contributed by atoms with Gasteiger partial charge in [0, 0.05) is 19.3 Å². The van der Waals surface area contributed by atoms with Crippen LogP contribution in [0.1, 0.15) is 265 Å². The van der Waals surface area contributed by atoms with Crippen molar-refractivity contribution in [1.29, 1.82) is 0 Å². The van der Waals surface area contributed by atoms with Gasteiger partial charge in [0.2, 0.25) is 0 Å². The summed E-state index contributed by atoms with van der Waals surface area (Å²) in [5.41, 5.74) is 0. The average molecular weight is 829 g/mol. The van der Waals surface area contributed by atoms with Crippen molar-refractivity contribution in [2.24, 2.45) is 0 Å². The van der Waals surface area contributed by atoms with E-state index in [1.54, 1.807) is 0 Å². The monoisotopic (exact) mass is 829 g/mol. The molecule has 0 aromatic carbocycles. The molecule has 0 saturated carbocycles. The second kappa shape index (κ2) is 48.3. The molecule has 59 heavy (non-hydrogen) atoms. The molecular formula is C53H96O6. The van der Waals surface area contributed by atoms with Gasteiger partial charge in [-0.3, -0.25) is 14.4 Å². The van der Waals surface area contributed by atoms with Gasteiger partial charge in [0.1, 0.15) is 13.2 Å². The standard InChI is InChI=1S/C53H96O6/c1-4-7-10-13-16-19-22-24-26-27-28-30-31-34-37-40-43-46-52(55)58-49-50(48-57-51(54)45-42-39-36-33-21-18-15-12-9-6-3)59-53(56)47-44-41-38-35-32-29-25-23-20-17-14-11-8-5-2/h12,14-15,17,23,25,50H,4-11,13,16,18-22,24,26-49H2,1-3H3/b15-12-,17-14-,25-23-. The van der Waals surface area contributed by atoms with E-state index in [2.05, 4.69) is 57.2 Å². The fourth-order valence-electron chi connectivity index (χ4n) is 7.23. The van der Waals surface area contributed by atoms with E-state index in [9.17, 15) is 14.4 Å². The molecule has 0 rings (SSSR count). The fraction of sp³-hybridized carbons (Fsp3) is 0.830. The SMILES string of the molecule is CCC/C=C\CCCCCCCC(=O)OCC(COC(=O)CCCCCCCCCCCCCCCCCCC)OC(=O)CCCCCCC/C=C\C/C=C\CCCC. The van der Waals surface area contributed by atoms with Crippen molar-refractivity contribution >= 4 is 17.9 Å². The lowest BCUT2D eigenvalue weighted by atomic mass is 10.0. The van der Waals surface area contributed by atoms with Crippen LogP contribution >= 0.6 is 0 Å². The largest absolute Gasteiger partial charge is 0.462 e. The Morgan fingerprint density at radius 1 is 0.339 bits per heavy atom. The van der Waals surface area contributed by atoms with Crippen LogP contribution in [0.2, 0.25) is 0 Å². The molecule has 6 heteroatoms. The number of esters is 3. The first-order valence-corrected chi connectivity index (χ1v) is 25.5. The van der Waals surface area contributed by atoms with Gasteiger partial charge in [0.05, 0.1) is 0 Å². The van der Waals surface area contributed by atoms with Crippen LogP contribution in [0, 0.1) is 0 Å². The number of allylic oxidation sites excluding steroid dienone is 6. The highest BCUT2D eigenvalue weighted by atomic mass is 16.6. The summed E-state index contributed by atoms with van der Waals surface area (Å²) in [6, 6.07) is 0. The van der Waals surface area contributed by atoms with Crippen LogP contribution in [0.4, 0.5) is 0 Å². The summed E-state index contributed by atoms with van der Waals surface area (Å²) in [6.07, 6.45) is 55.6. The predicted octanol–water partition coefficient (Wildman–Crippen LogP) is 16.5. The number of unbranched alkanes of at least 4 members (excludes halogenated alkanes) is 29. The van der Waals surface area contributed by atoms with Crippen molar-refractivity contribution in [3.8, 4) is 0 Å². The molecule has 0 bridgehead atoms. The van der Waals surface area contributed by atoms with Gasteiger partial charge >= 0.3 is 17.9 Å². The van der Waals surface area contributed by atoms with Gasteiger partial charge in [-0.25, -0.2) is 0 Å². The Morgan fingerprint density at radius 2 is 0.661 bits per heavy atom. The molecular weight excluding hydrogens is 733 g/mol. The number of hydrogen-bond donors (Lipinski definition) is 0. The molecule has 0 radical (unpaired) electrons. The summed E-state index contributed by atoms with van der Waals surface area (Å²) in [7, 11) is 0. The summed E-state index contributed by atoms with van der Waals surface area (Å²) >= 11 is 0. The van der Waals surface area contributed by atoms with Crippen LogP contribution in [0.5, 0.6) is 0 Å². The summed E-state index contributed by atoms with van der Waals surface area (Å²) in [5.74, 6) is -0.895. The molecule has 1 atom stereocenters. The van der Waals surface area contributed by atoms with E-state index in [0.717, 1.165) is 96.3 Å². The second-order valence-corrected chi connectivity index (χ2v) is 17.1. The highest BCUT2D eigenvalue weighted by Crippen LogP contribution is 2.16. The molecule has 0 N–H and O–H groups in total. The molecule has 0 amide bonds. The van der Waals surface area contributed by atoms with E-state index in [1.165, 1.54) is 128 Å². The number of carbonyl (C=O) groups is 3. The van der Waals surface area contributed by atoms with E-state index in [4.69, 9.17) is 14.2 Å². The Kier molecular flexibility index (Phi) is 46.4. The Morgan fingerprint density at radius 3 is 1.07 bits per heavy atom. The van der Waals surface area contributed by atoms with Crippen LogP contribution in [-0.2, 0) is 28.6 Å². The Labute approximate surface area is 365 Å². The zero-order chi connectivity index (χ0) is 43.0. The molecule has 0 heterocycles. The van der Waals surface area contributed by atoms with Crippen LogP contribution < -0.4 is 0 Å². The zero-order valence-electron chi connectivity index (χ0n) is 39.3. The van der Waals surface area contributed by atoms with E-state index < -0.39 is 6.10 Å². The smallest absolute Gasteiger partial charge is 0.306 e. The first kappa shape index (κ1) is 56.6. The highest BCUT2D eigenvalue weighted by Gasteiger charge is 2.19. The molecule has 0 aliphatic heterocycles. The lowest BCUT2D eigenvalue weighted by Gasteiger charge is -2.18. The Bertz CT molecular complexity index is 1000. The molecule has 1 unspecified atom stereocenters. The van der Waals surface area contributed by atoms with Crippen molar-refractivity contribution in [2.45, 2.75) is 271 Å². The van der Waals surface area contributed by atoms with E-state index >= 15 is 0 Å². The lowest BCUT2D eigenvalue weighted by molar-refractivity contribution is -0.167. The van der Waals surface area contributed by atoms with Gasteiger partial charge in [-0.15, -0.1) is 0 Å². The van der Waals surface area contributed by atoms with Crippen molar-refractivity contribution < 1.29 is 28.6 Å². The summed E-state index contributed by atoms with van der Waals surface area (Å²) in [4.78, 5) is 37.9. The fourth-order valence-corrected chi connectivity index (χ4v) is 7.23. The second-order valence-electron chi connectivity index (χ2n) is 17.1. The van der Waals surface area contributed by atoms with Gasteiger partial charge in [0.15, 0.2) is 6.10 Å². The normalized spacial score (nSPS) is 12.3. The zero-order valence-corrected chi connectivity index (χ0v) is 39.3. The third-order valence-corrected chi connectivity index (χ3v) is 11.1. The third-order valence-electron chi connectivity index (χ3n) is 11.1. The Hall–Kier alpha value is -2.37. The molecule has 344 valence electrons. The minimum Gasteiger partial charge on any atom is -0.462 e. The number of carbonyl (C=O) groups excluding carboxylic acids is 3. The quantitative estimate of drug-likeness (QED) is 0.0263. The van der Waals surface area contributed by atoms with E-state index in [1.807, 2.05) is 0 Å². The predicted molar refractivity (Wildman–Crippen MR) is 252 cm³/mol. The number of hydrogen-bond acceptors (Lipinski definition) is 6. The molecule has 0 aromatic heterocycles. The maximum Gasteiger partial charge on any atom is 0.306 e. The molecule has 6 nitrogen and oxygen atoms in total. The molecule has 0 aromatic rings. The molecule has 0 fully saturated rings. The minimum absolute atomic E-state index is 0.0778. The number of ether oxygens (including phenoxy) is 3. The van der Waals surface area contributed by atoms with Gasteiger partial charge < -0.3 is 14.2 Å². The summed E-state index contributed by atoms with van der Waals surface area (Å²) in [6.45, 7) is 6.54. The first-order chi connectivity index (χ1) is 29.0. The molecule has 0 aliphatic carbocycles. The third kappa shape index (κ3) is 46.5. The molecule has 0 saturated heterocycles. The van der Waals surface area contributed by atoms with Crippen molar-refractivity contribution in [3.05, 3.63) is 36.5 Å². The van der Waals surface area contributed by atoms with Gasteiger partial charge in [0.25, 0.3) is 0 Å². The number of rotatable bonds is 46. The van der Waals surface area contributed by atoms with Gasteiger partial charge in [-0.2, -0.15) is 0 Å². The van der Waals surface area contributed by atoms with Crippen LogP contribution in [-0.4, -0.2) is 37.2 Å². The van der Waals surface area contributed by atoms with Crippen molar-refractivity contribution in [1.82, 2.24) is 0 Å². The maximum atomic E-state index is 12.8. The van der Waals surface area contributed by atoms with Crippen molar-refractivity contribution in [3.63, 3.8) is 0 Å². The van der Waals surface area contributed by atoms with Gasteiger partial charge in [-0.05, 0) is 64.2 Å². The minimum atomic E-state index is -0.778. The van der Waals surface area contributed by atoms with Crippen molar-refractivity contribution in [2.75, 3.05) is 13.2 Å². The topological polar surface area (TPSA) is 78.9 Å². The van der Waals surface area contributed by atoms with Crippen LogP contribution in [0.25, 0.3) is 0 Å². The van der Waals surface area contributed by atoms with Crippen LogP contribution in [0.3, 0.4) is 0 Å². The summed E-state index contributed by atoms with van der Waals surface area (Å²) in [5, 5.41) is 0. The first-order valence-electron chi connectivity index (χ1n) is 25.5. The van der Waals surface area contributed by atoms with Crippen LogP contribution in [0.15, 0.2) is 36.5 Å². The van der Waals surface area contributed by atoms with E-state index in [-0.39, 0.29) is 31.1 Å². The molecule has 0 aliphatic rings. The Balaban J connectivity index is 4.32. The van der Waals surface area contributed by atoms with E-state index in [0.29, 0.717) is 19.3 Å².